The van der Waals surface area contributed by atoms with E-state index in [2.05, 4.69) is 10.6 Å². The van der Waals surface area contributed by atoms with Crippen LogP contribution in [0.4, 0.5) is 14.5 Å². The number of ether oxygens (including phenoxy) is 2. The summed E-state index contributed by atoms with van der Waals surface area (Å²) in [5, 5.41) is 4.38. The first kappa shape index (κ1) is 25.3. The van der Waals surface area contributed by atoms with Crippen molar-refractivity contribution in [2.45, 2.75) is 27.2 Å². The normalized spacial score (nSPS) is 10.9. The first-order valence-corrected chi connectivity index (χ1v) is 8.96. The number of carbonyl (C=O) groups is 2. The molecule has 0 radical (unpaired) electrons. The van der Waals surface area contributed by atoms with E-state index in [1.165, 1.54) is 6.07 Å². The molecule has 1 aromatic rings. The highest BCUT2D eigenvalue weighted by molar-refractivity contribution is 5.94. The second-order valence-electron chi connectivity index (χ2n) is 5.08. The van der Waals surface area contributed by atoms with E-state index in [9.17, 15) is 18.4 Å². The Balaban J connectivity index is 0.00000352. The zero-order valence-corrected chi connectivity index (χ0v) is 16.7. The number of hydrogen-bond acceptors (Lipinski definition) is 4. The monoisotopic (exact) mass is 398 g/mol. The summed E-state index contributed by atoms with van der Waals surface area (Å²) >= 11 is 0. The van der Waals surface area contributed by atoms with Gasteiger partial charge in [-0.3, -0.25) is 9.59 Å². The molecule has 0 saturated carbocycles. The number of methoxy groups -OCH3 is 1. The van der Waals surface area contributed by atoms with Crippen LogP contribution in [0.2, 0.25) is 0 Å². The van der Waals surface area contributed by atoms with Gasteiger partial charge in [-0.25, -0.2) is 8.78 Å². The van der Waals surface area contributed by atoms with Crippen LogP contribution in [0.25, 0.3) is 0 Å². The van der Waals surface area contributed by atoms with E-state index < -0.39 is 35.7 Å². The molecule has 0 heterocycles. The summed E-state index contributed by atoms with van der Waals surface area (Å²) in [4.78, 5) is 23.4. The SMILES string of the molecule is CC.CC/C=C(\C=C/COC)OCC(=O)NCC(=O)Nc1c(F)cccc1F. The van der Waals surface area contributed by atoms with Crippen LogP contribution in [-0.2, 0) is 19.1 Å². The van der Waals surface area contributed by atoms with Gasteiger partial charge in [-0.1, -0.05) is 32.9 Å². The lowest BCUT2D eigenvalue weighted by atomic mass is 10.3. The first-order chi connectivity index (χ1) is 13.5. The minimum atomic E-state index is -0.898. The third-order valence-electron chi connectivity index (χ3n) is 2.99. The summed E-state index contributed by atoms with van der Waals surface area (Å²) in [6.45, 7) is 5.58. The lowest BCUT2D eigenvalue weighted by Crippen LogP contribution is -2.35. The summed E-state index contributed by atoms with van der Waals surface area (Å²) in [5.74, 6) is -2.60. The van der Waals surface area contributed by atoms with E-state index in [0.29, 0.717) is 18.8 Å². The van der Waals surface area contributed by atoms with Gasteiger partial charge in [0.1, 0.15) is 23.1 Å². The van der Waals surface area contributed by atoms with Crippen molar-refractivity contribution in [3.05, 3.63) is 53.8 Å². The zero-order chi connectivity index (χ0) is 21.4. The lowest BCUT2D eigenvalue weighted by molar-refractivity contribution is -0.126. The molecule has 2 amide bonds. The Hall–Kier alpha value is -2.74. The van der Waals surface area contributed by atoms with Gasteiger partial charge >= 0.3 is 0 Å². The maximum Gasteiger partial charge on any atom is 0.258 e. The molecule has 1 rings (SSSR count). The molecule has 156 valence electrons. The molecule has 0 aliphatic heterocycles. The van der Waals surface area contributed by atoms with Crippen molar-refractivity contribution in [3.8, 4) is 0 Å². The number of anilines is 1. The van der Waals surface area contributed by atoms with Crippen LogP contribution in [0.1, 0.15) is 27.2 Å². The quantitative estimate of drug-likeness (QED) is 0.467. The van der Waals surface area contributed by atoms with E-state index >= 15 is 0 Å². The van der Waals surface area contributed by atoms with Crippen molar-refractivity contribution < 1.29 is 27.8 Å². The molecular weight excluding hydrogens is 370 g/mol. The average Bonchev–Trinajstić information content (AvgIpc) is 2.69. The van der Waals surface area contributed by atoms with Gasteiger partial charge in [-0.2, -0.15) is 0 Å². The van der Waals surface area contributed by atoms with Crippen molar-refractivity contribution in [3.63, 3.8) is 0 Å². The molecule has 0 aliphatic carbocycles. The molecule has 0 aromatic heterocycles. The van der Waals surface area contributed by atoms with Crippen LogP contribution in [-0.4, -0.2) is 38.7 Å². The Kier molecular flexibility index (Phi) is 13.8. The minimum absolute atomic E-state index is 0.301. The van der Waals surface area contributed by atoms with Crippen LogP contribution < -0.4 is 10.6 Å². The molecule has 0 spiro atoms. The van der Waals surface area contributed by atoms with Crippen LogP contribution >= 0.6 is 0 Å². The van der Waals surface area contributed by atoms with E-state index in [-0.39, 0.29) is 6.61 Å². The third kappa shape index (κ3) is 10.4. The molecular formula is C20H28F2N2O4. The topological polar surface area (TPSA) is 76.7 Å². The number of allylic oxidation sites excluding steroid dienone is 2. The summed E-state index contributed by atoms with van der Waals surface area (Å²) in [6.07, 6.45) is 5.90. The first-order valence-electron chi connectivity index (χ1n) is 8.96. The second-order valence-corrected chi connectivity index (χ2v) is 5.08. The molecule has 0 aliphatic rings. The van der Waals surface area contributed by atoms with Gasteiger partial charge in [0, 0.05) is 7.11 Å². The Morgan fingerprint density at radius 1 is 1.14 bits per heavy atom. The van der Waals surface area contributed by atoms with Crippen molar-refractivity contribution >= 4 is 17.5 Å². The average molecular weight is 398 g/mol. The highest BCUT2D eigenvalue weighted by atomic mass is 19.1. The predicted octanol–water partition coefficient (Wildman–Crippen LogP) is 3.56. The molecule has 0 bridgehead atoms. The van der Waals surface area contributed by atoms with Crippen molar-refractivity contribution in [1.82, 2.24) is 5.32 Å². The fourth-order valence-electron chi connectivity index (χ4n) is 1.82. The van der Waals surface area contributed by atoms with Gasteiger partial charge in [-0.15, -0.1) is 0 Å². The Morgan fingerprint density at radius 2 is 1.79 bits per heavy atom. The number of nitrogens with one attached hydrogen (secondary N) is 2. The Morgan fingerprint density at radius 3 is 2.36 bits per heavy atom. The smallest absolute Gasteiger partial charge is 0.258 e. The summed E-state index contributed by atoms with van der Waals surface area (Å²) in [7, 11) is 1.56. The van der Waals surface area contributed by atoms with E-state index in [1.54, 1.807) is 25.3 Å². The standard InChI is InChI=1S/C18H22F2N2O4.C2H6/c1-3-6-13(7-5-10-25-2)26-12-17(24)21-11-16(23)22-18-14(19)8-4-9-15(18)20;1-2/h4-9H,3,10-12H2,1-2H3,(H,21,24)(H,22,23);1-2H3/b7-5-,13-6+;. The Bertz CT molecular complexity index is 656. The molecule has 8 heteroatoms. The van der Waals surface area contributed by atoms with Gasteiger partial charge in [0.05, 0.1) is 13.2 Å². The van der Waals surface area contributed by atoms with Gasteiger partial charge in [-0.05, 0) is 30.7 Å². The van der Waals surface area contributed by atoms with Crippen molar-refractivity contribution in [1.29, 1.82) is 0 Å². The molecule has 6 nitrogen and oxygen atoms in total. The van der Waals surface area contributed by atoms with Gasteiger partial charge in [0.25, 0.3) is 5.91 Å². The summed E-state index contributed by atoms with van der Waals surface area (Å²) in [5.41, 5.74) is -0.556. The maximum absolute atomic E-state index is 13.4. The van der Waals surface area contributed by atoms with Crippen LogP contribution in [0.3, 0.4) is 0 Å². The van der Waals surface area contributed by atoms with Crippen molar-refractivity contribution in [2.75, 3.05) is 32.2 Å². The van der Waals surface area contributed by atoms with Crippen LogP contribution in [0.15, 0.2) is 42.2 Å². The zero-order valence-electron chi connectivity index (χ0n) is 16.7. The number of rotatable bonds is 10. The summed E-state index contributed by atoms with van der Waals surface area (Å²) in [6, 6.07) is 3.22. The fraction of sp³-hybridized carbons (Fsp3) is 0.400. The van der Waals surface area contributed by atoms with Gasteiger partial charge in [0.2, 0.25) is 5.91 Å². The highest BCUT2D eigenvalue weighted by Crippen LogP contribution is 2.17. The predicted molar refractivity (Wildman–Crippen MR) is 105 cm³/mol. The van der Waals surface area contributed by atoms with E-state index in [0.717, 1.165) is 12.1 Å². The molecule has 0 fully saturated rings. The number of carbonyl (C=O) groups excluding carboxylic acids is 2. The van der Waals surface area contributed by atoms with Crippen molar-refractivity contribution in [2.24, 2.45) is 0 Å². The molecule has 1 aromatic carbocycles. The Labute approximate surface area is 164 Å². The highest BCUT2D eigenvalue weighted by Gasteiger charge is 2.12. The molecule has 0 saturated heterocycles. The maximum atomic E-state index is 13.4. The number of hydrogen-bond donors (Lipinski definition) is 2. The molecule has 2 N–H and O–H groups in total. The third-order valence-corrected chi connectivity index (χ3v) is 2.99. The number of para-hydroxylation sites is 1. The fourth-order valence-corrected chi connectivity index (χ4v) is 1.82. The minimum Gasteiger partial charge on any atom is -0.484 e. The summed E-state index contributed by atoms with van der Waals surface area (Å²) < 4.78 is 37.1. The van der Waals surface area contributed by atoms with Gasteiger partial charge < -0.3 is 20.1 Å². The number of amides is 2. The second kappa shape index (κ2) is 15.3. The van der Waals surface area contributed by atoms with E-state index in [1.807, 2.05) is 20.8 Å². The van der Waals surface area contributed by atoms with Crippen LogP contribution in [0.5, 0.6) is 0 Å². The number of benzene rings is 1. The largest absolute Gasteiger partial charge is 0.484 e. The molecule has 28 heavy (non-hydrogen) atoms. The number of halogens is 2. The van der Waals surface area contributed by atoms with Gasteiger partial charge in [0.15, 0.2) is 6.61 Å². The van der Waals surface area contributed by atoms with Crippen LogP contribution in [0, 0.1) is 11.6 Å². The molecule has 0 atom stereocenters. The lowest BCUT2D eigenvalue weighted by Gasteiger charge is -2.10. The van der Waals surface area contributed by atoms with E-state index in [4.69, 9.17) is 9.47 Å². The molecule has 0 unspecified atom stereocenters.